The van der Waals surface area contributed by atoms with Crippen LogP contribution in [0.25, 0.3) is 0 Å². The Morgan fingerprint density at radius 3 is 2.06 bits per heavy atom. The van der Waals surface area contributed by atoms with Gasteiger partial charge < -0.3 is 10.2 Å². The van der Waals surface area contributed by atoms with Crippen LogP contribution < -0.4 is 0 Å². The van der Waals surface area contributed by atoms with Crippen LogP contribution in [0, 0.1) is 11.3 Å². The molecule has 2 saturated carbocycles. The van der Waals surface area contributed by atoms with Crippen LogP contribution in [-0.2, 0) is 4.79 Å². The fourth-order valence-electron chi connectivity index (χ4n) is 2.91. The van der Waals surface area contributed by atoms with E-state index in [1.54, 1.807) is 0 Å². The second-order valence-corrected chi connectivity index (χ2v) is 5.10. The highest BCUT2D eigenvalue weighted by Gasteiger charge is 2.58. The van der Waals surface area contributed by atoms with Gasteiger partial charge in [0.05, 0.1) is 0 Å². The third-order valence-electron chi connectivity index (χ3n) is 4.14. The maximum absolute atomic E-state index is 13.0. The van der Waals surface area contributed by atoms with Gasteiger partial charge in [-0.1, -0.05) is 0 Å². The zero-order valence-electron chi connectivity index (χ0n) is 8.96. The van der Waals surface area contributed by atoms with Gasteiger partial charge in [-0.2, -0.15) is 0 Å². The van der Waals surface area contributed by atoms with Gasteiger partial charge >= 0.3 is 5.97 Å². The van der Waals surface area contributed by atoms with Crippen LogP contribution in [0.3, 0.4) is 0 Å². The number of aliphatic hydroxyl groups is 1. The molecule has 0 amide bonds. The van der Waals surface area contributed by atoms with Gasteiger partial charge in [-0.25, -0.2) is 13.6 Å². The van der Waals surface area contributed by atoms with E-state index in [1.165, 1.54) is 0 Å². The Bertz CT molecular complexity index is 290. The normalized spacial score (nSPS) is 29.7. The number of carboxylic acid groups (broad SMARTS) is 1. The van der Waals surface area contributed by atoms with Crippen LogP contribution >= 0.6 is 0 Å². The highest BCUT2D eigenvalue weighted by molar-refractivity contribution is 5.73. The number of halogens is 2. The monoisotopic (exact) mass is 234 g/mol. The van der Waals surface area contributed by atoms with E-state index in [-0.39, 0.29) is 18.8 Å². The lowest BCUT2D eigenvalue weighted by atomic mass is 9.74. The van der Waals surface area contributed by atoms with Crippen LogP contribution in [0.15, 0.2) is 0 Å². The molecule has 2 aliphatic carbocycles. The molecule has 16 heavy (non-hydrogen) atoms. The number of carboxylic acids is 1. The van der Waals surface area contributed by atoms with Crippen LogP contribution in [0.1, 0.15) is 38.5 Å². The molecular formula is C11H16F2O3. The quantitative estimate of drug-likeness (QED) is 0.785. The summed E-state index contributed by atoms with van der Waals surface area (Å²) in [5.74, 6) is -3.88. The summed E-state index contributed by atoms with van der Waals surface area (Å²) in [7, 11) is 0. The summed E-state index contributed by atoms with van der Waals surface area (Å²) in [6.07, 6.45) is 0.226. The largest absolute Gasteiger partial charge is 0.479 e. The van der Waals surface area contributed by atoms with Gasteiger partial charge in [-0.3, -0.25) is 0 Å². The van der Waals surface area contributed by atoms with Crippen molar-refractivity contribution in [1.82, 2.24) is 0 Å². The number of carbonyl (C=O) groups is 1. The van der Waals surface area contributed by atoms with E-state index in [0.29, 0.717) is 25.7 Å². The summed E-state index contributed by atoms with van der Waals surface area (Å²) in [5, 5.41) is 18.4. The average Bonchev–Trinajstić information content (AvgIpc) is 2.97. The smallest absolute Gasteiger partial charge is 0.333 e. The number of aliphatic hydroxyl groups excluding tert-OH is 1. The van der Waals surface area contributed by atoms with Crippen molar-refractivity contribution in [2.75, 3.05) is 0 Å². The van der Waals surface area contributed by atoms with Gasteiger partial charge in [0, 0.05) is 18.3 Å². The van der Waals surface area contributed by atoms with Gasteiger partial charge in [-0.15, -0.1) is 0 Å². The predicted molar refractivity (Wildman–Crippen MR) is 52.2 cm³/mol. The third-order valence-corrected chi connectivity index (χ3v) is 4.14. The van der Waals surface area contributed by atoms with Crippen molar-refractivity contribution in [1.29, 1.82) is 0 Å². The lowest BCUT2D eigenvalue weighted by molar-refractivity contribution is -0.153. The first-order valence-corrected chi connectivity index (χ1v) is 5.66. The molecule has 5 heteroatoms. The molecule has 0 heterocycles. The Kier molecular flexibility index (Phi) is 2.69. The molecule has 1 atom stereocenters. The fourth-order valence-corrected chi connectivity index (χ4v) is 2.91. The lowest BCUT2D eigenvalue weighted by Crippen LogP contribution is -2.39. The molecule has 0 saturated heterocycles. The van der Waals surface area contributed by atoms with E-state index in [9.17, 15) is 18.7 Å². The first-order valence-electron chi connectivity index (χ1n) is 5.66. The zero-order chi connectivity index (χ0) is 12.0. The van der Waals surface area contributed by atoms with E-state index < -0.39 is 23.4 Å². The maximum atomic E-state index is 13.0. The average molecular weight is 234 g/mol. The van der Waals surface area contributed by atoms with Crippen LogP contribution in [0.5, 0.6) is 0 Å². The summed E-state index contributed by atoms with van der Waals surface area (Å²) in [6, 6.07) is 0. The van der Waals surface area contributed by atoms with Crippen LogP contribution in [0.4, 0.5) is 8.78 Å². The first kappa shape index (κ1) is 11.8. The molecule has 1 unspecified atom stereocenters. The second kappa shape index (κ2) is 3.65. The summed E-state index contributed by atoms with van der Waals surface area (Å²) < 4.78 is 25.9. The minimum Gasteiger partial charge on any atom is -0.479 e. The molecule has 2 N–H and O–H groups in total. The van der Waals surface area contributed by atoms with Crippen molar-refractivity contribution in [3.8, 4) is 0 Å². The molecule has 3 nitrogen and oxygen atoms in total. The summed E-state index contributed by atoms with van der Waals surface area (Å²) in [5.41, 5.74) is -0.609. The number of aliphatic carboxylic acids is 1. The Balaban J connectivity index is 2.01. The van der Waals surface area contributed by atoms with Gasteiger partial charge in [0.15, 0.2) is 6.10 Å². The second-order valence-electron chi connectivity index (χ2n) is 5.10. The predicted octanol–water partition coefficient (Wildman–Crippen LogP) is 2.04. The summed E-state index contributed by atoms with van der Waals surface area (Å²) in [4.78, 5) is 10.8. The number of rotatable bonds is 3. The maximum Gasteiger partial charge on any atom is 0.333 e. The van der Waals surface area contributed by atoms with Gasteiger partial charge in [0.25, 0.3) is 0 Å². The minimum atomic E-state index is -2.60. The Labute approximate surface area is 92.5 Å². The molecule has 2 aliphatic rings. The molecule has 92 valence electrons. The third kappa shape index (κ3) is 1.93. The van der Waals surface area contributed by atoms with Crippen molar-refractivity contribution < 1.29 is 23.8 Å². The van der Waals surface area contributed by atoms with E-state index in [4.69, 9.17) is 5.11 Å². The lowest BCUT2D eigenvalue weighted by Gasteiger charge is -2.35. The molecule has 0 aliphatic heterocycles. The highest BCUT2D eigenvalue weighted by Crippen LogP contribution is 2.59. The molecule has 2 rings (SSSR count). The Hall–Kier alpha value is -0.710. The van der Waals surface area contributed by atoms with Crippen molar-refractivity contribution in [2.45, 2.75) is 50.6 Å². The minimum absolute atomic E-state index is 0.0572. The van der Waals surface area contributed by atoms with Crippen molar-refractivity contribution >= 4 is 5.97 Å². The fraction of sp³-hybridized carbons (Fsp3) is 0.909. The number of hydrogen-bond acceptors (Lipinski definition) is 2. The Morgan fingerprint density at radius 2 is 1.69 bits per heavy atom. The van der Waals surface area contributed by atoms with Crippen molar-refractivity contribution in [3.05, 3.63) is 0 Å². The highest BCUT2D eigenvalue weighted by atomic mass is 19.3. The molecule has 0 radical (unpaired) electrons. The SMILES string of the molecule is O=C(O)C(O)C1(C2CCC(F)(F)CC2)CC1. The summed E-state index contributed by atoms with van der Waals surface area (Å²) >= 11 is 0. The standard InChI is InChI=1S/C11H16F2O3/c12-11(13)3-1-7(2-4-11)10(5-6-10)8(14)9(15)16/h7-8,14H,1-6H2,(H,15,16). The van der Waals surface area contributed by atoms with E-state index in [2.05, 4.69) is 0 Å². The zero-order valence-corrected chi connectivity index (χ0v) is 8.96. The first-order chi connectivity index (χ1) is 7.37. The van der Waals surface area contributed by atoms with Crippen molar-refractivity contribution in [2.24, 2.45) is 11.3 Å². The van der Waals surface area contributed by atoms with Crippen LogP contribution in [-0.4, -0.2) is 28.2 Å². The van der Waals surface area contributed by atoms with E-state index in [0.717, 1.165) is 0 Å². The molecule has 0 aromatic rings. The molecule has 0 bridgehead atoms. The van der Waals surface area contributed by atoms with Gasteiger partial charge in [-0.05, 0) is 31.6 Å². The molecule has 0 aromatic carbocycles. The van der Waals surface area contributed by atoms with E-state index in [1.807, 2.05) is 0 Å². The van der Waals surface area contributed by atoms with Crippen LogP contribution in [0.2, 0.25) is 0 Å². The van der Waals surface area contributed by atoms with Crippen molar-refractivity contribution in [3.63, 3.8) is 0 Å². The van der Waals surface area contributed by atoms with Gasteiger partial charge in [0.1, 0.15) is 0 Å². The topological polar surface area (TPSA) is 57.5 Å². The molecule has 0 spiro atoms. The number of alkyl halides is 2. The summed E-state index contributed by atoms with van der Waals surface area (Å²) in [6.45, 7) is 0. The molecule has 0 aromatic heterocycles. The number of hydrogen-bond donors (Lipinski definition) is 2. The van der Waals surface area contributed by atoms with Gasteiger partial charge in [0.2, 0.25) is 5.92 Å². The Morgan fingerprint density at radius 1 is 1.19 bits per heavy atom. The molecule has 2 fully saturated rings. The van der Waals surface area contributed by atoms with E-state index >= 15 is 0 Å². The molecular weight excluding hydrogens is 218 g/mol.